The van der Waals surface area contributed by atoms with Crippen molar-refractivity contribution in [1.82, 2.24) is 14.5 Å². The summed E-state index contributed by atoms with van der Waals surface area (Å²) in [7, 11) is 2.13. The van der Waals surface area contributed by atoms with Crippen LogP contribution >= 0.6 is 12.2 Å². The number of hydrogen-bond acceptors (Lipinski definition) is 2. The van der Waals surface area contributed by atoms with Crippen molar-refractivity contribution in [2.24, 2.45) is 0 Å². The van der Waals surface area contributed by atoms with Crippen molar-refractivity contribution in [3.63, 3.8) is 0 Å². The summed E-state index contributed by atoms with van der Waals surface area (Å²) in [5.74, 6) is -0.231. The van der Waals surface area contributed by atoms with E-state index in [0.29, 0.717) is 16.3 Å². The fraction of sp³-hybridized carbons (Fsp3) is 0.462. The van der Waals surface area contributed by atoms with Crippen LogP contribution in [-0.4, -0.2) is 34.6 Å². The van der Waals surface area contributed by atoms with E-state index < -0.39 is 0 Å². The Morgan fingerprint density at radius 2 is 2.06 bits per heavy atom. The summed E-state index contributed by atoms with van der Waals surface area (Å²) in [5, 5.41) is 0. The number of likely N-dealkylation sites (tertiary alicyclic amines) is 1. The zero-order chi connectivity index (χ0) is 12.7. The van der Waals surface area contributed by atoms with Gasteiger partial charge in [0.1, 0.15) is 11.3 Å². The molecule has 0 unspecified atom stereocenters. The van der Waals surface area contributed by atoms with E-state index in [9.17, 15) is 4.39 Å². The van der Waals surface area contributed by atoms with E-state index in [-0.39, 0.29) is 5.82 Å². The Bertz CT molecular complexity index is 623. The molecule has 1 saturated heterocycles. The number of aromatic nitrogens is 2. The summed E-state index contributed by atoms with van der Waals surface area (Å²) in [6, 6.07) is 5.52. The molecule has 1 aliphatic rings. The lowest BCUT2D eigenvalue weighted by Gasteiger charge is -2.30. The molecule has 0 bridgehead atoms. The third-order valence-electron chi connectivity index (χ3n) is 3.76. The SMILES string of the molecule is CN1CCC(n2c(=S)[nH]c3c(F)cccc32)CC1. The van der Waals surface area contributed by atoms with Gasteiger partial charge in [0.05, 0.1) is 5.52 Å². The molecule has 3 nitrogen and oxygen atoms in total. The normalized spacial score (nSPS) is 18.6. The Hall–Kier alpha value is -1.20. The quantitative estimate of drug-likeness (QED) is 0.801. The lowest BCUT2D eigenvalue weighted by Crippen LogP contribution is -2.31. The van der Waals surface area contributed by atoms with Crippen molar-refractivity contribution < 1.29 is 4.39 Å². The number of rotatable bonds is 1. The van der Waals surface area contributed by atoms with Gasteiger partial charge in [0, 0.05) is 6.04 Å². The Labute approximate surface area is 110 Å². The van der Waals surface area contributed by atoms with Crippen LogP contribution < -0.4 is 0 Å². The van der Waals surface area contributed by atoms with Crippen molar-refractivity contribution in [2.45, 2.75) is 18.9 Å². The molecule has 0 saturated carbocycles. The van der Waals surface area contributed by atoms with Crippen LogP contribution in [0.2, 0.25) is 0 Å². The summed E-state index contributed by atoms with van der Waals surface area (Å²) < 4.78 is 16.4. The summed E-state index contributed by atoms with van der Waals surface area (Å²) >= 11 is 5.35. The molecule has 5 heteroatoms. The van der Waals surface area contributed by atoms with E-state index in [0.717, 1.165) is 31.4 Å². The maximum atomic E-state index is 13.7. The smallest absolute Gasteiger partial charge is 0.178 e. The van der Waals surface area contributed by atoms with E-state index >= 15 is 0 Å². The first-order valence-corrected chi connectivity index (χ1v) is 6.65. The lowest BCUT2D eigenvalue weighted by atomic mass is 10.1. The average molecular weight is 265 g/mol. The van der Waals surface area contributed by atoms with Gasteiger partial charge in [0.15, 0.2) is 4.77 Å². The van der Waals surface area contributed by atoms with Gasteiger partial charge < -0.3 is 14.5 Å². The third kappa shape index (κ3) is 1.87. The maximum Gasteiger partial charge on any atom is 0.178 e. The molecular formula is C13H16FN3S. The molecule has 3 rings (SSSR count). The number of H-pyrrole nitrogens is 1. The van der Waals surface area contributed by atoms with Crippen LogP contribution in [0.4, 0.5) is 4.39 Å². The number of benzene rings is 1. The summed E-state index contributed by atoms with van der Waals surface area (Å²) in [5.41, 5.74) is 1.41. The van der Waals surface area contributed by atoms with Gasteiger partial charge in [-0.05, 0) is 57.3 Å². The topological polar surface area (TPSA) is 24.0 Å². The van der Waals surface area contributed by atoms with E-state index in [1.54, 1.807) is 6.07 Å². The fourth-order valence-electron chi connectivity index (χ4n) is 2.73. The summed E-state index contributed by atoms with van der Waals surface area (Å²) in [6.45, 7) is 2.13. The molecule has 1 aliphatic heterocycles. The van der Waals surface area contributed by atoms with Crippen LogP contribution in [0.3, 0.4) is 0 Å². The van der Waals surface area contributed by atoms with Crippen LogP contribution in [0.25, 0.3) is 11.0 Å². The summed E-state index contributed by atoms with van der Waals surface area (Å²) in [4.78, 5) is 5.31. The molecular weight excluding hydrogens is 249 g/mol. The predicted molar refractivity (Wildman–Crippen MR) is 72.8 cm³/mol. The molecule has 0 radical (unpaired) electrons. The predicted octanol–water partition coefficient (Wildman–Crippen LogP) is 3.10. The number of hydrogen-bond donors (Lipinski definition) is 1. The second-order valence-corrected chi connectivity index (χ2v) is 5.36. The van der Waals surface area contributed by atoms with Crippen LogP contribution in [0.15, 0.2) is 18.2 Å². The van der Waals surface area contributed by atoms with E-state index in [1.165, 1.54) is 6.07 Å². The highest BCUT2D eigenvalue weighted by atomic mass is 32.1. The van der Waals surface area contributed by atoms with Crippen molar-refractivity contribution in [1.29, 1.82) is 0 Å². The Kier molecular flexibility index (Phi) is 2.95. The number of piperidine rings is 1. The molecule has 0 atom stereocenters. The van der Waals surface area contributed by atoms with E-state index in [1.807, 2.05) is 6.07 Å². The molecule has 0 amide bonds. The zero-order valence-corrected chi connectivity index (χ0v) is 11.1. The molecule has 2 heterocycles. The maximum absolute atomic E-state index is 13.7. The highest BCUT2D eigenvalue weighted by Crippen LogP contribution is 2.27. The number of nitrogens with one attached hydrogen (secondary N) is 1. The minimum Gasteiger partial charge on any atom is -0.328 e. The molecule has 1 aromatic carbocycles. The van der Waals surface area contributed by atoms with Gasteiger partial charge in [0.25, 0.3) is 0 Å². The monoisotopic (exact) mass is 265 g/mol. The van der Waals surface area contributed by atoms with Crippen LogP contribution in [0.5, 0.6) is 0 Å². The first-order valence-electron chi connectivity index (χ1n) is 6.24. The second-order valence-electron chi connectivity index (χ2n) is 4.97. The lowest BCUT2D eigenvalue weighted by molar-refractivity contribution is 0.223. The standard InChI is InChI=1S/C13H16FN3S/c1-16-7-5-9(6-8-16)17-11-4-2-3-10(14)12(11)15-13(17)18/h2-4,9H,5-8H2,1H3,(H,15,18). The van der Waals surface area contributed by atoms with Crippen LogP contribution in [-0.2, 0) is 0 Å². The van der Waals surface area contributed by atoms with E-state index in [2.05, 4.69) is 21.5 Å². The fourth-order valence-corrected chi connectivity index (χ4v) is 3.08. The largest absolute Gasteiger partial charge is 0.328 e. The first kappa shape index (κ1) is 11.9. The highest BCUT2D eigenvalue weighted by molar-refractivity contribution is 7.71. The number of halogens is 1. The van der Waals surface area contributed by atoms with Gasteiger partial charge >= 0.3 is 0 Å². The Balaban J connectivity index is 2.09. The minimum absolute atomic E-state index is 0.231. The third-order valence-corrected chi connectivity index (χ3v) is 4.05. The molecule has 0 spiro atoms. The highest BCUT2D eigenvalue weighted by Gasteiger charge is 2.21. The van der Waals surface area contributed by atoms with Gasteiger partial charge in [-0.1, -0.05) is 6.07 Å². The van der Waals surface area contributed by atoms with Crippen molar-refractivity contribution in [2.75, 3.05) is 20.1 Å². The van der Waals surface area contributed by atoms with Crippen LogP contribution in [0.1, 0.15) is 18.9 Å². The van der Waals surface area contributed by atoms with Gasteiger partial charge in [-0.15, -0.1) is 0 Å². The van der Waals surface area contributed by atoms with Crippen molar-refractivity contribution >= 4 is 23.3 Å². The molecule has 96 valence electrons. The van der Waals surface area contributed by atoms with Gasteiger partial charge in [0.2, 0.25) is 0 Å². The molecule has 1 fully saturated rings. The Morgan fingerprint density at radius 3 is 2.78 bits per heavy atom. The minimum atomic E-state index is -0.231. The summed E-state index contributed by atoms with van der Waals surface area (Å²) in [6.07, 6.45) is 2.13. The number of imidazole rings is 1. The number of para-hydroxylation sites is 1. The second kappa shape index (κ2) is 4.48. The number of aromatic amines is 1. The number of nitrogens with zero attached hydrogens (tertiary/aromatic N) is 2. The van der Waals surface area contributed by atoms with Gasteiger partial charge in [-0.25, -0.2) is 4.39 Å². The van der Waals surface area contributed by atoms with E-state index in [4.69, 9.17) is 12.2 Å². The molecule has 18 heavy (non-hydrogen) atoms. The van der Waals surface area contributed by atoms with Gasteiger partial charge in [-0.2, -0.15) is 0 Å². The first-order chi connectivity index (χ1) is 8.66. The van der Waals surface area contributed by atoms with Gasteiger partial charge in [-0.3, -0.25) is 0 Å². The molecule has 0 aliphatic carbocycles. The molecule has 2 aromatic rings. The van der Waals surface area contributed by atoms with Crippen molar-refractivity contribution in [3.05, 3.63) is 28.8 Å². The molecule has 1 aromatic heterocycles. The van der Waals surface area contributed by atoms with Crippen LogP contribution in [0, 0.1) is 10.6 Å². The average Bonchev–Trinajstić information content (AvgIpc) is 2.69. The Morgan fingerprint density at radius 1 is 1.33 bits per heavy atom. The molecule has 1 N–H and O–H groups in total. The van der Waals surface area contributed by atoms with Crippen molar-refractivity contribution in [3.8, 4) is 0 Å². The zero-order valence-electron chi connectivity index (χ0n) is 10.3. The number of fused-ring (bicyclic) bond motifs is 1.